The Morgan fingerprint density at radius 2 is 1.80 bits per heavy atom. The van der Waals surface area contributed by atoms with E-state index in [0.29, 0.717) is 0 Å². The van der Waals surface area contributed by atoms with Crippen LogP contribution in [0.25, 0.3) is 0 Å². The first kappa shape index (κ1) is 15.1. The van der Waals surface area contributed by atoms with E-state index in [0.717, 1.165) is 37.2 Å². The maximum atomic E-state index is 8.40. The summed E-state index contributed by atoms with van der Waals surface area (Å²) < 4.78 is 0. The standard InChI is InChI=1S/C18H28N2/c1-2-3-4-6-12-17(19)16-11-7-8-13-18(16)20-14-9-5-10-15-20/h7-8,11,13,19H,2-6,9-10,12,14-15H2,1H3. The molecule has 0 bridgehead atoms. The summed E-state index contributed by atoms with van der Waals surface area (Å²) in [5.74, 6) is 0. The Morgan fingerprint density at radius 3 is 2.55 bits per heavy atom. The van der Waals surface area contributed by atoms with Gasteiger partial charge in [0.1, 0.15) is 0 Å². The van der Waals surface area contributed by atoms with E-state index >= 15 is 0 Å². The van der Waals surface area contributed by atoms with Gasteiger partial charge in [0.05, 0.1) is 0 Å². The van der Waals surface area contributed by atoms with Crippen LogP contribution in [0.5, 0.6) is 0 Å². The lowest BCUT2D eigenvalue weighted by atomic mass is 10.00. The number of nitrogens with zero attached hydrogens (tertiary/aromatic N) is 1. The van der Waals surface area contributed by atoms with E-state index in [1.54, 1.807) is 0 Å². The van der Waals surface area contributed by atoms with Gasteiger partial charge in [0, 0.05) is 30.1 Å². The van der Waals surface area contributed by atoms with Gasteiger partial charge in [-0.3, -0.25) is 0 Å². The molecule has 1 aromatic rings. The Labute approximate surface area is 123 Å². The van der Waals surface area contributed by atoms with Crippen molar-refractivity contribution in [1.29, 1.82) is 5.41 Å². The summed E-state index contributed by atoms with van der Waals surface area (Å²) in [5, 5.41) is 8.40. The van der Waals surface area contributed by atoms with Crippen molar-refractivity contribution in [3.63, 3.8) is 0 Å². The minimum Gasteiger partial charge on any atom is -0.371 e. The number of anilines is 1. The fraction of sp³-hybridized carbons (Fsp3) is 0.611. The third-order valence-electron chi connectivity index (χ3n) is 4.21. The highest BCUT2D eigenvalue weighted by Gasteiger charge is 2.15. The predicted octanol–water partition coefficient (Wildman–Crippen LogP) is 5.02. The van der Waals surface area contributed by atoms with Crippen molar-refractivity contribution in [2.24, 2.45) is 0 Å². The first-order valence-electron chi connectivity index (χ1n) is 8.24. The summed E-state index contributed by atoms with van der Waals surface area (Å²) in [7, 11) is 0. The average Bonchev–Trinajstić information content (AvgIpc) is 2.52. The number of benzene rings is 1. The molecular weight excluding hydrogens is 244 g/mol. The van der Waals surface area contributed by atoms with Crippen LogP contribution in [0, 0.1) is 5.41 Å². The summed E-state index contributed by atoms with van der Waals surface area (Å²) in [5.41, 5.74) is 3.26. The molecule has 0 atom stereocenters. The van der Waals surface area contributed by atoms with E-state index in [2.05, 4.69) is 36.1 Å². The van der Waals surface area contributed by atoms with Crippen LogP contribution in [-0.2, 0) is 0 Å². The topological polar surface area (TPSA) is 27.1 Å². The highest BCUT2D eigenvalue weighted by Crippen LogP contribution is 2.25. The molecule has 2 nitrogen and oxygen atoms in total. The van der Waals surface area contributed by atoms with Crippen molar-refractivity contribution in [2.75, 3.05) is 18.0 Å². The molecule has 2 rings (SSSR count). The van der Waals surface area contributed by atoms with Gasteiger partial charge in [0.2, 0.25) is 0 Å². The molecular formula is C18H28N2. The monoisotopic (exact) mass is 272 g/mol. The van der Waals surface area contributed by atoms with Crippen molar-refractivity contribution >= 4 is 11.4 Å². The Morgan fingerprint density at radius 1 is 1.05 bits per heavy atom. The second-order valence-electron chi connectivity index (χ2n) is 5.85. The number of para-hydroxylation sites is 1. The van der Waals surface area contributed by atoms with Gasteiger partial charge >= 0.3 is 0 Å². The van der Waals surface area contributed by atoms with E-state index in [9.17, 15) is 0 Å². The summed E-state index contributed by atoms with van der Waals surface area (Å²) in [6.07, 6.45) is 9.82. The molecule has 0 radical (unpaired) electrons. The Hall–Kier alpha value is -1.31. The van der Waals surface area contributed by atoms with Crippen LogP contribution in [0.4, 0.5) is 5.69 Å². The van der Waals surface area contributed by atoms with E-state index in [1.165, 1.54) is 44.2 Å². The Bertz CT molecular complexity index is 419. The van der Waals surface area contributed by atoms with Gasteiger partial charge in [0.15, 0.2) is 0 Å². The highest BCUT2D eigenvalue weighted by atomic mass is 15.1. The van der Waals surface area contributed by atoms with Gasteiger partial charge < -0.3 is 10.3 Å². The maximum absolute atomic E-state index is 8.40. The van der Waals surface area contributed by atoms with Gasteiger partial charge in [-0.05, 0) is 38.2 Å². The zero-order chi connectivity index (χ0) is 14.2. The van der Waals surface area contributed by atoms with Crippen molar-refractivity contribution in [1.82, 2.24) is 0 Å². The molecule has 0 unspecified atom stereocenters. The second-order valence-corrected chi connectivity index (χ2v) is 5.85. The van der Waals surface area contributed by atoms with Crippen LogP contribution in [0.3, 0.4) is 0 Å². The molecule has 1 aliphatic rings. The third kappa shape index (κ3) is 4.09. The van der Waals surface area contributed by atoms with Gasteiger partial charge in [-0.1, -0.05) is 44.4 Å². The molecule has 0 amide bonds. The highest BCUT2D eigenvalue weighted by molar-refractivity contribution is 6.03. The minimum absolute atomic E-state index is 0.822. The quantitative estimate of drug-likeness (QED) is 0.548. The molecule has 1 aliphatic heterocycles. The van der Waals surface area contributed by atoms with Crippen LogP contribution < -0.4 is 4.90 Å². The van der Waals surface area contributed by atoms with Crippen LogP contribution in [0.15, 0.2) is 24.3 Å². The molecule has 20 heavy (non-hydrogen) atoms. The molecule has 0 saturated carbocycles. The maximum Gasteiger partial charge on any atom is 0.0458 e. The van der Waals surface area contributed by atoms with Crippen LogP contribution in [0.2, 0.25) is 0 Å². The lowest BCUT2D eigenvalue weighted by Gasteiger charge is -2.30. The SMILES string of the molecule is CCCCCCC(=N)c1ccccc1N1CCCCC1. The van der Waals surface area contributed by atoms with Crippen molar-refractivity contribution in [2.45, 2.75) is 58.3 Å². The summed E-state index contributed by atoms with van der Waals surface area (Å²) >= 11 is 0. The summed E-state index contributed by atoms with van der Waals surface area (Å²) in [6, 6.07) is 8.51. The molecule has 1 fully saturated rings. The van der Waals surface area contributed by atoms with Gasteiger partial charge in [-0.2, -0.15) is 0 Å². The zero-order valence-corrected chi connectivity index (χ0v) is 12.8. The van der Waals surface area contributed by atoms with Gasteiger partial charge in [-0.15, -0.1) is 0 Å². The summed E-state index contributed by atoms with van der Waals surface area (Å²) in [4.78, 5) is 2.47. The molecule has 2 heteroatoms. The number of hydrogen-bond acceptors (Lipinski definition) is 2. The fourth-order valence-corrected chi connectivity index (χ4v) is 3.00. The number of rotatable bonds is 7. The zero-order valence-electron chi connectivity index (χ0n) is 12.8. The number of unbranched alkanes of at least 4 members (excludes halogenated alkanes) is 3. The lowest BCUT2D eigenvalue weighted by Crippen LogP contribution is -2.30. The number of piperidine rings is 1. The predicted molar refractivity (Wildman–Crippen MR) is 88.1 cm³/mol. The first-order valence-corrected chi connectivity index (χ1v) is 8.24. The van der Waals surface area contributed by atoms with Crippen LogP contribution in [0.1, 0.15) is 63.9 Å². The first-order chi connectivity index (χ1) is 9.83. The Balaban J connectivity index is 2.01. The van der Waals surface area contributed by atoms with Crippen molar-refractivity contribution in [3.8, 4) is 0 Å². The molecule has 0 aliphatic carbocycles. The number of hydrogen-bond donors (Lipinski definition) is 1. The van der Waals surface area contributed by atoms with Gasteiger partial charge in [-0.25, -0.2) is 0 Å². The van der Waals surface area contributed by atoms with E-state index in [4.69, 9.17) is 5.41 Å². The smallest absolute Gasteiger partial charge is 0.0458 e. The molecule has 1 aromatic carbocycles. The van der Waals surface area contributed by atoms with E-state index in [1.807, 2.05) is 0 Å². The lowest BCUT2D eigenvalue weighted by molar-refractivity contribution is 0.577. The molecule has 1 N–H and O–H groups in total. The largest absolute Gasteiger partial charge is 0.371 e. The fourth-order valence-electron chi connectivity index (χ4n) is 3.00. The molecule has 0 aromatic heterocycles. The van der Waals surface area contributed by atoms with Crippen LogP contribution in [-0.4, -0.2) is 18.8 Å². The van der Waals surface area contributed by atoms with E-state index in [-0.39, 0.29) is 0 Å². The summed E-state index contributed by atoms with van der Waals surface area (Å²) in [6.45, 7) is 4.54. The minimum atomic E-state index is 0.822. The van der Waals surface area contributed by atoms with Gasteiger partial charge in [0.25, 0.3) is 0 Å². The normalized spacial score (nSPS) is 15.3. The van der Waals surface area contributed by atoms with Crippen molar-refractivity contribution in [3.05, 3.63) is 29.8 Å². The molecule has 1 saturated heterocycles. The van der Waals surface area contributed by atoms with Crippen LogP contribution >= 0.6 is 0 Å². The Kier molecular flexibility index (Phi) is 6.10. The average molecular weight is 272 g/mol. The second kappa shape index (κ2) is 8.08. The molecule has 1 heterocycles. The number of nitrogens with one attached hydrogen (secondary N) is 1. The third-order valence-corrected chi connectivity index (χ3v) is 4.21. The van der Waals surface area contributed by atoms with Crippen molar-refractivity contribution < 1.29 is 0 Å². The molecule has 110 valence electrons. The van der Waals surface area contributed by atoms with E-state index < -0.39 is 0 Å². The molecule has 0 spiro atoms.